The average Bonchev–Trinajstić information content (AvgIpc) is 3.49. The van der Waals surface area contributed by atoms with Crippen LogP contribution in [0.3, 0.4) is 0 Å². The minimum Gasteiger partial charge on any atom is -0.394 e. The number of hydrogen-bond acceptors (Lipinski definition) is 10. The molecule has 1 fully saturated rings. The third kappa shape index (κ3) is 46.3. The van der Waals surface area contributed by atoms with Gasteiger partial charge in [0.15, 0.2) is 6.29 Å². The van der Waals surface area contributed by atoms with Crippen LogP contribution in [-0.2, 0) is 14.3 Å². The van der Waals surface area contributed by atoms with Crippen molar-refractivity contribution in [1.29, 1.82) is 0 Å². The fourth-order valence-electron chi connectivity index (χ4n) is 11.3. The number of amides is 1. The smallest absolute Gasteiger partial charge is 0.249 e. The van der Waals surface area contributed by atoms with Crippen molar-refractivity contribution in [2.45, 2.75) is 390 Å². The van der Waals surface area contributed by atoms with Gasteiger partial charge in [0, 0.05) is 0 Å². The standard InChI is InChI=1S/C70H133NO10/c1-3-5-7-9-11-13-15-17-19-21-22-23-24-25-26-27-28-29-30-31-32-33-34-35-36-37-38-39-40-41-42-44-46-48-50-52-54-56-58-63(74)69(79)71-61(60-80-70-68(78)67(77)66(76)64(59-72)81-70)65(75)62(73)57-55-53-51-49-47-45-43-20-18-16-14-12-10-8-6-4-2/h20,31-32,43,49,51,61-68,70,72-78H,3-19,21-30,33-42,44-48,50,52-60H2,1-2H3,(H,71,79)/b32-31-,43-20+,51-49+. The van der Waals surface area contributed by atoms with Crippen LogP contribution < -0.4 is 5.32 Å². The molecule has 0 bridgehead atoms. The van der Waals surface area contributed by atoms with E-state index < -0.39 is 74.2 Å². The first kappa shape index (κ1) is 77.3. The number of hydrogen-bond donors (Lipinski definition) is 8. The van der Waals surface area contributed by atoms with Gasteiger partial charge >= 0.3 is 0 Å². The molecule has 0 aromatic rings. The largest absolute Gasteiger partial charge is 0.394 e. The lowest BCUT2D eigenvalue weighted by atomic mass is 9.98. The van der Waals surface area contributed by atoms with E-state index in [9.17, 15) is 40.5 Å². The molecule has 11 heteroatoms. The van der Waals surface area contributed by atoms with Gasteiger partial charge in [0.25, 0.3) is 0 Å². The summed E-state index contributed by atoms with van der Waals surface area (Å²) in [5.74, 6) is -0.706. The number of aliphatic hydroxyl groups excluding tert-OH is 7. The normalized spacial score (nSPS) is 19.3. The molecule has 9 unspecified atom stereocenters. The monoisotopic (exact) mass is 1150 g/mol. The lowest BCUT2D eigenvalue weighted by Gasteiger charge is -2.40. The maximum atomic E-state index is 13.2. The Bertz CT molecular complexity index is 1410. The highest BCUT2D eigenvalue weighted by molar-refractivity contribution is 5.80. The van der Waals surface area contributed by atoms with Gasteiger partial charge in [-0.15, -0.1) is 0 Å². The second-order valence-corrected chi connectivity index (χ2v) is 24.6. The summed E-state index contributed by atoms with van der Waals surface area (Å²) < 4.78 is 11.1. The maximum Gasteiger partial charge on any atom is 0.249 e. The summed E-state index contributed by atoms with van der Waals surface area (Å²) >= 11 is 0. The van der Waals surface area contributed by atoms with Crippen molar-refractivity contribution in [3.05, 3.63) is 36.5 Å². The number of unbranched alkanes of at least 4 members (excludes halogenated alkanes) is 43. The molecule has 81 heavy (non-hydrogen) atoms. The molecule has 0 aromatic heterocycles. The molecule has 9 atom stereocenters. The van der Waals surface area contributed by atoms with Crippen LogP contribution in [0.5, 0.6) is 0 Å². The van der Waals surface area contributed by atoms with E-state index in [0.717, 1.165) is 38.5 Å². The highest BCUT2D eigenvalue weighted by Crippen LogP contribution is 2.24. The molecule has 1 amide bonds. The Hall–Kier alpha value is -1.67. The number of nitrogens with one attached hydrogen (secondary N) is 1. The summed E-state index contributed by atoms with van der Waals surface area (Å²) in [6.45, 7) is 3.46. The third-order valence-electron chi connectivity index (χ3n) is 16.9. The zero-order valence-corrected chi connectivity index (χ0v) is 52.8. The lowest BCUT2D eigenvalue weighted by molar-refractivity contribution is -0.303. The highest BCUT2D eigenvalue weighted by Gasteiger charge is 2.44. The van der Waals surface area contributed by atoms with Gasteiger partial charge < -0.3 is 50.5 Å². The number of ether oxygens (including phenoxy) is 2. The van der Waals surface area contributed by atoms with Gasteiger partial charge in [-0.3, -0.25) is 4.79 Å². The van der Waals surface area contributed by atoms with Crippen LogP contribution in [0.25, 0.3) is 0 Å². The third-order valence-corrected chi connectivity index (χ3v) is 16.9. The molecule has 1 saturated heterocycles. The first-order chi connectivity index (χ1) is 39.7. The van der Waals surface area contributed by atoms with E-state index >= 15 is 0 Å². The number of allylic oxidation sites excluding steroid dienone is 6. The molecule has 8 N–H and O–H groups in total. The molecule has 478 valence electrons. The summed E-state index contributed by atoms with van der Waals surface area (Å²) in [6.07, 6.45) is 64.0. The van der Waals surface area contributed by atoms with Gasteiger partial charge in [0.05, 0.1) is 25.4 Å². The van der Waals surface area contributed by atoms with Crippen LogP contribution in [0, 0.1) is 0 Å². The van der Waals surface area contributed by atoms with Crippen molar-refractivity contribution in [1.82, 2.24) is 5.32 Å². The zero-order chi connectivity index (χ0) is 58.9. The van der Waals surface area contributed by atoms with E-state index in [-0.39, 0.29) is 12.8 Å². The molecule has 0 aliphatic carbocycles. The Balaban J connectivity index is 2.13. The first-order valence-corrected chi connectivity index (χ1v) is 34.9. The summed E-state index contributed by atoms with van der Waals surface area (Å²) in [5.41, 5.74) is 0. The Morgan fingerprint density at radius 2 is 0.741 bits per heavy atom. The quantitative estimate of drug-likeness (QED) is 0.0215. The van der Waals surface area contributed by atoms with Crippen LogP contribution in [0.15, 0.2) is 36.5 Å². The summed E-state index contributed by atoms with van der Waals surface area (Å²) in [4.78, 5) is 13.2. The minimum atomic E-state index is -1.67. The van der Waals surface area contributed by atoms with Gasteiger partial charge in [-0.25, -0.2) is 0 Å². The van der Waals surface area contributed by atoms with Crippen LogP contribution in [0.1, 0.15) is 335 Å². The molecule has 1 aliphatic heterocycles. The van der Waals surface area contributed by atoms with Gasteiger partial charge in [0.2, 0.25) is 5.91 Å². The van der Waals surface area contributed by atoms with Crippen molar-refractivity contribution >= 4 is 5.91 Å². The van der Waals surface area contributed by atoms with Crippen LogP contribution in [0.2, 0.25) is 0 Å². The zero-order valence-electron chi connectivity index (χ0n) is 52.8. The van der Waals surface area contributed by atoms with Crippen molar-refractivity contribution in [2.75, 3.05) is 13.2 Å². The van der Waals surface area contributed by atoms with Gasteiger partial charge in [-0.1, -0.05) is 294 Å². The molecule has 11 nitrogen and oxygen atoms in total. The highest BCUT2D eigenvalue weighted by atomic mass is 16.7. The fraction of sp³-hybridized carbons (Fsp3) is 0.900. The maximum absolute atomic E-state index is 13.2. The van der Waals surface area contributed by atoms with E-state index in [1.54, 1.807) is 0 Å². The summed E-state index contributed by atoms with van der Waals surface area (Å²) in [7, 11) is 0. The van der Waals surface area contributed by atoms with Gasteiger partial charge in [-0.05, 0) is 77.0 Å². The Labute approximate surface area is 498 Å². The Morgan fingerprint density at radius 3 is 1.10 bits per heavy atom. The van der Waals surface area contributed by atoms with Gasteiger partial charge in [0.1, 0.15) is 36.6 Å². The number of carbonyl (C=O) groups excluding carboxylic acids is 1. The molecule has 1 aliphatic rings. The predicted molar refractivity (Wildman–Crippen MR) is 339 cm³/mol. The second-order valence-electron chi connectivity index (χ2n) is 24.6. The molecule has 0 saturated carbocycles. The molecule has 1 heterocycles. The average molecular weight is 1150 g/mol. The molecule has 0 radical (unpaired) electrons. The number of carbonyl (C=O) groups is 1. The van der Waals surface area contributed by atoms with Crippen molar-refractivity contribution < 1.29 is 50.0 Å². The lowest BCUT2D eigenvalue weighted by Crippen LogP contribution is -2.60. The molecule has 0 aromatic carbocycles. The number of aliphatic hydroxyl groups is 7. The van der Waals surface area contributed by atoms with E-state index in [0.29, 0.717) is 19.3 Å². The van der Waals surface area contributed by atoms with Crippen LogP contribution in [0.4, 0.5) is 0 Å². The Kier molecular flexibility index (Phi) is 56.0. The predicted octanol–water partition coefficient (Wildman–Crippen LogP) is 16.6. The van der Waals surface area contributed by atoms with E-state index in [4.69, 9.17) is 9.47 Å². The van der Waals surface area contributed by atoms with Crippen molar-refractivity contribution in [3.8, 4) is 0 Å². The molecular formula is C70H133NO10. The van der Waals surface area contributed by atoms with Crippen LogP contribution >= 0.6 is 0 Å². The molecular weight excluding hydrogens is 1010 g/mol. The topological polar surface area (TPSA) is 189 Å². The molecule has 0 spiro atoms. The van der Waals surface area contributed by atoms with Crippen molar-refractivity contribution in [2.24, 2.45) is 0 Å². The summed E-state index contributed by atoms with van der Waals surface area (Å²) in [5, 5.41) is 76.3. The van der Waals surface area contributed by atoms with E-state index in [1.165, 1.54) is 250 Å². The SMILES string of the molecule is CCCCCCCCC/C=C/CC/C=C/CCCC(O)C(O)C(COC1OC(CO)C(O)C(O)C1O)NC(=O)C(O)CCCCCCCCCCCCCCCCCC/C=C\CCCCCCCCCCCCCCCCCCCC. The first-order valence-electron chi connectivity index (χ1n) is 34.9. The second kappa shape index (κ2) is 58.7. The fourth-order valence-corrected chi connectivity index (χ4v) is 11.3. The minimum absolute atomic E-state index is 0.247. The summed E-state index contributed by atoms with van der Waals surface area (Å²) in [6, 6.07) is -1.19. The van der Waals surface area contributed by atoms with Gasteiger partial charge in [-0.2, -0.15) is 0 Å². The van der Waals surface area contributed by atoms with E-state index in [1.807, 2.05) is 0 Å². The number of rotatable bonds is 61. The van der Waals surface area contributed by atoms with Crippen LogP contribution in [-0.4, -0.2) is 110 Å². The van der Waals surface area contributed by atoms with Crippen molar-refractivity contribution in [3.63, 3.8) is 0 Å². The molecule has 1 rings (SSSR count). The van der Waals surface area contributed by atoms with E-state index in [2.05, 4.69) is 55.6 Å². The Morgan fingerprint density at radius 1 is 0.420 bits per heavy atom.